The van der Waals surface area contributed by atoms with Crippen LogP contribution in [-0.4, -0.2) is 51.5 Å². The van der Waals surface area contributed by atoms with Crippen molar-refractivity contribution in [2.45, 2.75) is 39.0 Å². The molecular formula is C21H22N2O8S. The zero-order chi connectivity index (χ0) is 23.4. The standard InChI is InChI=1S/C21H22N2O8S/c1-3-30-17(25)8-9-32-16-10-15-18(12(2)24)20(26)22(15)19(16)21(27)31-11-13-4-6-14(7-5-13)23(28)29/h4-9,12,15,18,24H,3,10-11H2,1-2H3/t12-,15+,18+/m0/s1. The Kier molecular flexibility index (Phi) is 7.31. The van der Waals surface area contributed by atoms with E-state index in [-0.39, 0.29) is 36.5 Å². The molecule has 32 heavy (non-hydrogen) atoms. The summed E-state index contributed by atoms with van der Waals surface area (Å²) in [7, 11) is 0. The van der Waals surface area contributed by atoms with Gasteiger partial charge in [0.05, 0.1) is 29.6 Å². The van der Waals surface area contributed by atoms with Gasteiger partial charge in [0.15, 0.2) is 0 Å². The summed E-state index contributed by atoms with van der Waals surface area (Å²) in [5.74, 6) is -2.23. The third-order valence-electron chi connectivity index (χ3n) is 5.10. The van der Waals surface area contributed by atoms with Gasteiger partial charge in [-0.15, -0.1) is 0 Å². The maximum atomic E-state index is 12.8. The molecular weight excluding hydrogens is 440 g/mol. The van der Waals surface area contributed by atoms with E-state index in [1.807, 2.05) is 0 Å². The molecule has 0 unspecified atom stereocenters. The largest absolute Gasteiger partial charge is 0.463 e. The SMILES string of the molecule is CCOC(=O)C=CSC1=C(C(=O)OCc2ccc([N+](=O)[O-])cc2)N2C(=O)[C@H]([C@H](C)O)[C@H]2C1. The molecule has 10 nitrogen and oxygen atoms in total. The second kappa shape index (κ2) is 9.96. The Morgan fingerprint density at radius 1 is 1.34 bits per heavy atom. The Bertz CT molecular complexity index is 986. The van der Waals surface area contributed by atoms with Gasteiger partial charge in [0.2, 0.25) is 5.91 Å². The summed E-state index contributed by atoms with van der Waals surface area (Å²) in [5, 5.41) is 22.1. The number of carbonyl (C=O) groups excluding carboxylic acids is 3. The number of amides is 1. The average Bonchev–Trinajstić information content (AvgIpc) is 3.06. The number of β-lactam (4-membered cyclic amide) rings is 1. The lowest BCUT2D eigenvalue weighted by molar-refractivity contribution is -0.384. The van der Waals surface area contributed by atoms with Crippen molar-refractivity contribution in [3.05, 3.63) is 62.0 Å². The first-order valence-electron chi connectivity index (χ1n) is 9.89. The summed E-state index contributed by atoms with van der Waals surface area (Å²) in [4.78, 5) is 49.0. The molecule has 1 amide bonds. The van der Waals surface area contributed by atoms with Crippen LogP contribution in [0.2, 0.25) is 0 Å². The van der Waals surface area contributed by atoms with Crippen LogP contribution in [0.5, 0.6) is 0 Å². The van der Waals surface area contributed by atoms with E-state index in [0.29, 0.717) is 16.9 Å². The topological polar surface area (TPSA) is 136 Å². The Hall–Kier alpha value is -3.18. The molecule has 0 saturated carbocycles. The molecule has 1 aromatic carbocycles. The van der Waals surface area contributed by atoms with E-state index >= 15 is 0 Å². The normalized spacial score (nSPS) is 20.7. The Morgan fingerprint density at radius 3 is 2.62 bits per heavy atom. The van der Waals surface area contributed by atoms with Crippen LogP contribution < -0.4 is 0 Å². The molecule has 170 valence electrons. The number of ether oxygens (including phenoxy) is 2. The van der Waals surface area contributed by atoms with Gasteiger partial charge >= 0.3 is 11.9 Å². The van der Waals surface area contributed by atoms with E-state index in [0.717, 1.165) is 11.8 Å². The van der Waals surface area contributed by atoms with Crippen molar-refractivity contribution in [1.29, 1.82) is 0 Å². The minimum Gasteiger partial charge on any atom is -0.463 e. The van der Waals surface area contributed by atoms with Crippen LogP contribution in [0.4, 0.5) is 5.69 Å². The number of nitro benzene ring substituents is 1. The molecule has 0 spiro atoms. The van der Waals surface area contributed by atoms with Gasteiger partial charge in [-0.05, 0) is 37.0 Å². The lowest BCUT2D eigenvalue weighted by atomic mass is 9.83. The third-order valence-corrected chi connectivity index (χ3v) is 6.02. The second-order valence-electron chi connectivity index (χ2n) is 7.19. The van der Waals surface area contributed by atoms with Gasteiger partial charge in [0.1, 0.15) is 12.3 Å². The molecule has 1 saturated heterocycles. The van der Waals surface area contributed by atoms with Crippen LogP contribution in [0.3, 0.4) is 0 Å². The van der Waals surface area contributed by atoms with Gasteiger partial charge in [0.25, 0.3) is 5.69 Å². The lowest BCUT2D eigenvalue weighted by Crippen LogP contribution is -2.61. The fourth-order valence-corrected chi connectivity index (χ4v) is 4.52. The summed E-state index contributed by atoms with van der Waals surface area (Å²) in [6.07, 6.45) is 0.714. The Morgan fingerprint density at radius 2 is 2.03 bits per heavy atom. The number of aliphatic hydroxyl groups excluding tert-OH is 1. The number of aliphatic hydroxyl groups is 1. The van der Waals surface area contributed by atoms with E-state index in [1.54, 1.807) is 6.92 Å². The maximum absolute atomic E-state index is 12.8. The molecule has 0 aromatic heterocycles. The van der Waals surface area contributed by atoms with Gasteiger partial charge in [-0.1, -0.05) is 11.8 Å². The summed E-state index contributed by atoms with van der Waals surface area (Å²) in [6, 6.07) is 5.21. The van der Waals surface area contributed by atoms with E-state index in [9.17, 15) is 29.6 Å². The Balaban J connectivity index is 1.74. The first-order valence-corrected chi connectivity index (χ1v) is 10.8. The fraction of sp³-hybridized carbons (Fsp3) is 0.381. The molecule has 2 aliphatic rings. The highest BCUT2D eigenvalue weighted by atomic mass is 32.2. The highest BCUT2D eigenvalue weighted by Gasteiger charge is 2.56. The summed E-state index contributed by atoms with van der Waals surface area (Å²) >= 11 is 1.11. The van der Waals surface area contributed by atoms with Crippen LogP contribution in [0.25, 0.3) is 0 Å². The molecule has 0 bridgehead atoms. The number of nitrogens with zero attached hydrogens (tertiary/aromatic N) is 2. The Labute approximate surface area is 188 Å². The van der Waals surface area contributed by atoms with E-state index in [4.69, 9.17) is 9.47 Å². The molecule has 1 aromatic rings. The number of non-ortho nitro benzene ring substituents is 1. The van der Waals surface area contributed by atoms with Crippen molar-refractivity contribution >= 4 is 35.3 Å². The summed E-state index contributed by atoms with van der Waals surface area (Å²) in [6.45, 7) is 3.31. The maximum Gasteiger partial charge on any atom is 0.356 e. The smallest absolute Gasteiger partial charge is 0.356 e. The number of hydrogen-bond acceptors (Lipinski definition) is 9. The molecule has 2 aliphatic heterocycles. The molecule has 1 N–H and O–H groups in total. The number of carbonyl (C=O) groups is 3. The van der Waals surface area contributed by atoms with Gasteiger partial charge in [0, 0.05) is 29.5 Å². The zero-order valence-corrected chi connectivity index (χ0v) is 18.2. The van der Waals surface area contributed by atoms with Gasteiger partial charge in [-0.25, -0.2) is 9.59 Å². The highest BCUT2D eigenvalue weighted by Crippen LogP contribution is 2.47. The van der Waals surface area contributed by atoms with E-state index in [2.05, 4.69) is 0 Å². The molecule has 0 radical (unpaired) electrons. The molecule has 3 rings (SSSR count). The number of thioether (sulfide) groups is 1. The number of nitro groups is 1. The number of rotatable bonds is 9. The number of fused-ring (bicyclic) bond motifs is 1. The van der Waals surface area contributed by atoms with Crippen LogP contribution in [0.15, 0.2) is 46.4 Å². The van der Waals surface area contributed by atoms with Crippen LogP contribution in [0.1, 0.15) is 25.8 Å². The van der Waals surface area contributed by atoms with E-state index in [1.165, 1.54) is 47.6 Å². The van der Waals surface area contributed by atoms with E-state index < -0.39 is 28.9 Å². The zero-order valence-electron chi connectivity index (χ0n) is 17.4. The predicted molar refractivity (Wildman–Crippen MR) is 114 cm³/mol. The van der Waals surface area contributed by atoms with Crippen molar-refractivity contribution in [3.8, 4) is 0 Å². The van der Waals surface area contributed by atoms with Crippen molar-refractivity contribution in [3.63, 3.8) is 0 Å². The van der Waals surface area contributed by atoms with Crippen molar-refractivity contribution in [2.24, 2.45) is 5.92 Å². The van der Waals surface area contributed by atoms with Gasteiger partial charge < -0.3 is 19.5 Å². The van der Waals surface area contributed by atoms with Crippen molar-refractivity contribution < 1.29 is 33.9 Å². The predicted octanol–water partition coefficient (Wildman–Crippen LogP) is 2.27. The van der Waals surface area contributed by atoms with Crippen molar-refractivity contribution in [1.82, 2.24) is 4.90 Å². The minimum atomic E-state index is -0.861. The number of hydrogen-bond donors (Lipinski definition) is 1. The number of esters is 2. The first kappa shape index (κ1) is 23.5. The molecule has 11 heteroatoms. The van der Waals surface area contributed by atoms with Gasteiger partial charge in [-0.3, -0.25) is 14.9 Å². The minimum absolute atomic E-state index is 0.0798. The molecule has 2 heterocycles. The van der Waals surface area contributed by atoms with Crippen LogP contribution in [0, 0.1) is 16.0 Å². The molecule has 1 fully saturated rings. The highest BCUT2D eigenvalue weighted by molar-refractivity contribution is 8.05. The van der Waals surface area contributed by atoms with Crippen LogP contribution in [-0.2, 0) is 30.5 Å². The third kappa shape index (κ3) is 4.83. The molecule has 0 aliphatic carbocycles. The fourth-order valence-electron chi connectivity index (χ4n) is 3.62. The van der Waals surface area contributed by atoms with Crippen molar-refractivity contribution in [2.75, 3.05) is 6.61 Å². The molecule has 3 atom stereocenters. The summed E-state index contributed by atoms with van der Waals surface area (Å²) < 4.78 is 10.2. The number of benzene rings is 1. The first-order chi connectivity index (χ1) is 15.2. The quantitative estimate of drug-likeness (QED) is 0.193. The monoisotopic (exact) mass is 462 g/mol. The van der Waals surface area contributed by atoms with Crippen LogP contribution >= 0.6 is 11.8 Å². The van der Waals surface area contributed by atoms with Gasteiger partial charge in [-0.2, -0.15) is 0 Å². The summed E-state index contributed by atoms with van der Waals surface area (Å²) in [5.41, 5.74) is 0.549. The average molecular weight is 462 g/mol. The lowest BCUT2D eigenvalue weighted by Gasteiger charge is -2.44. The second-order valence-corrected chi connectivity index (χ2v) is 8.19.